The van der Waals surface area contributed by atoms with Gasteiger partial charge >= 0.3 is 0 Å². The number of unbranched alkanes of at least 4 members (excludes halogenated alkanes) is 9. The fourth-order valence-electron chi connectivity index (χ4n) is 2.04. The second kappa shape index (κ2) is 17.3. The van der Waals surface area contributed by atoms with Crippen molar-refractivity contribution in [3.63, 3.8) is 0 Å². The highest BCUT2D eigenvalue weighted by atomic mass is 13.9. The quantitative estimate of drug-likeness (QED) is 0.191. The molecule has 0 fully saturated rings. The van der Waals surface area contributed by atoms with Crippen molar-refractivity contribution in [1.29, 1.82) is 0 Å². The van der Waals surface area contributed by atoms with Gasteiger partial charge in [0, 0.05) is 0 Å². The summed E-state index contributed by atoms with van der Waals surface area (Å²) >= 11 is 0. The molecule has 0 aliphatic carbocycles. The highest BCUT2D eigenvalue weighted by Gasteiger charge is 1.88. The third kappa shape index (κ3) is 17.3. The van der Waals surface area contributed by atoms with E-state index < -0.39 is 0 Å². The van der Waals surface area contributed by atoms with Gasteiger partial charge in [-0.1, -0.05) is 70.9 Å². The number of hydrogen-bond acceptors (Lipinski definition) is 0. The molecule has 0 radical (unpaired) electrons. The van der Waals surface area contributed by atoms with Crippen LogP contribution in [0, 0.1) is 0 Å². The molecule has 0 unspecified atom stereocenters. The van der Waals surface area contributed by atoms with Crippen LogP contribution in [0.4, 0.5) is 0 Å². The van der Waals surface area contributed by atoms with Crippen LogP contribution in [-0.2, 0) is 0 Å². The summed E-state index contributed by atoms with van der Waals surface area (Å²) in [5.41, 5.74) is 3.25. The van der Waals surface area contributed by atoms with Crippen LogP contribution in [-0.4, -0.2) is 0 Å². The fourth-order valence-corrected chi connectivity index (χ4v) is 2.04. The maximum absolute atomic E-state index is 3.25. The van der Waals surface area contributed by atoms with Gasteiger partial charge in [0.15, 0.2) is 0 Å². The molecule has 0 aromatic rings. The first kappa shape index (κ1) is 18.3. The van der Waals surface area contributed by atoms with Gasteiger partial charge in [0.2, 0.25) is 0 Å². The molecule has 0 aliphatic heterocycles. The number of allylic oxidation sites excluding steroid dienone is 3. The van der Waals surface area contributed by atoms with Crippen LogP contribution < -0.4 is 0 Å². The maximum Gasteiger partial charge on any atom is -0.00930 e. The Labute approximate surface area is 121 Å². The van der Waals surface area contributed by atoms with E-state index in [4.69, 9.17) is 0 Å². The van der Waals surface area contributed by atoms with Crippen molar-refractivity contribution in [2.24, 2.45) is 0 Å². The summed E-state index contributed by atoms with van der Waals surface area (Å²) in [6, 6.07) is 0. The molecule has 110 valence electrons. The monoisotopic (exact) mass is 262 g/mol. The largest absolute Gasteiger partial charge is 0.129 e. The van der Waals surface area contributed by atoms with Gasteiger partial charge in [-0.25, -0.2) is 0 Å². The Morgan fingerprint density at radius 2 is 1.32 bits per heavy atom. The number of rotatable bonds is 13. The second-order valence-electron chi connectivity index (χ2n) is 5.33. The van der Waals surface area contributed by atoms with E-state index in [1.165, 1.54) is 70.6 Å². The van der Waals surface area contributed by atoms with Crippen LogP contribution in [0.25, 0.3) is 0 Å². The summed E-state index contributed by atoms with van der Waals surface area (Å²) in [6.07, 6.45) is 24.7. The molecule has 0 N–H and O–H groups in total. The molecule has 0 aliphatic rings. The number of hydrogen-bond donors (Lipinski definition) is 0. The SMILES string of the molecule is CCCCC=C=CCC=CCCCCCCCCC. The molecular formula is C19H34. The second-order valence-corrected chi connectivity index (χ2v) is 5.33. The van der Waals surface area contributed by atoms with Crippen molar-refractivity contribution in [1.82, 2.24) is 0 Å². The minimum Gasteiger partial charge on any atom is -0.129 e. The Morgan fingerprint density at radius 1 is 0.632 bits per heavy atom. The molecule has 0 aromatic heterocycles. The van der Waals surface area contributed by atoms with Crippen molar-refractivity contribution in [3.05, 3.63) is 30.0 Å². The molecule has 0 atom stereocenters. The van der Waals surface area contributed by atoms with E-state index in [0.29, 0.717) is 0 Å². The molecule has 0 heteroatoms. The minimum absolute atomic E-state index is 1.04. The Balaban J connectivity index is 3.23. The zero-order chi connectivity index (χ0) is 14.0. The van der Waals surface area contributed by atoms with E-state index in [-0.39, 0.29) is 0 Å². The Hall–Kier alpha value is -0.740. The zero-order valence-electron chi connectivity index (χ0n) is 13.3. The summed E-state index contributed by atoms with van der Waals surface area (Å²) < 4.78 is 0. The van der Waals surface area contributed by atoms with E-state index in [1.54, 1.807) is 0 Å². The van der Waals surface area contributed by atoms with Gasteiger partial charge in [-0.3, -0.25) is 0 Å². The predicted molar refractivity (Wildman–Crippen MR) is 88.5 cm³/mol. The van der Waals surface area contributed by atoms with Crippen molar-refractivity contribution in [2.75, 3.05) is 0 Å². The Kier molecular flexibility index (Phi) is 16.6. The zero-order valence-corrected chi connectivity index (χ0v) is 13.3. The van der Waals surface area contributed by atoms with E-state index in [2.05, 4.69) is 43.9 Å². The summed E-state index contributed by atoms with van der Waals surface area (Å²) in [5, 5.41) is 0. The normalized spacial score (nSPS) is 10.6. The average Bonchev–Trinajstić information content (AvgIpc) is 2.43. The first-order valence-electron chi connectivity index (χ1n) is 8.46. The molecule has 0 amide bonds. The Morgan fingerprint density at radius 3 is 2.05 bits per heavy atom. The van der Waals surface area contributed by atoms with Crippen LogP contribution in [0.3, 0.4) is 0 Å². The highest BCUT2D eigenvalue weighted by Crippen LogP contribution is 2.08. The van der Waals surface area contributed by atoms with E-state index in [9.17, 15) is 0 Å². The summed E-state index contributed by atoms with van der Waals surface area (Å²) in [5.74, 6) is 0. The van der Waals surface area contributed by atoms with E-state index in [0.717, 1.165) is 6.42 Å². The molecule has 19 heavy (non-hydrogen) atoms. The lowest BCUT2D eigenvalue weighted by atomic mass is 10.1. The van der Waals surface area contributed by atoms with Crippen LogP contribution in [0.2, 0.25) is 0 Å². The van der Waals surface area contributed by atoms with Crippen molar-refractivity contribution >= 4 is 0 Å². The van der Waals surface area contributed by atoms with Gasteiger partial charge in [-0.15, -0.1) is 5.73 Å². The van der Waals surface area contributed by atoms with Gasteiger partial charge in [-0.2, -0.15) is 0 Å². The first-order chi connectivity index (χ1) is 9.41. The molecule has 0 saturated heterocycles. The lowest BCUT2D eigenvalue weighted by Gasteiger charge is -1.98. The van der Waals surface area contributed by atoms with Crippen LogP contribution in [0.15, 0.2) is 30.0 Å². The van der Waals surface area contributed by atoms with Crippen molar-refractivity contribution in [2.45, 2.75) is 90.9 Å². The van der Waals surface area contributed by atoms with E-state index in [1.807, 2.05) is 0 Å². The summed E-state index contributed by atoms with van der Waals surface area (Å²) in [6.45, 7) is 4.50. The van der Waals surface area contributed by atoms with Gasteiger partial charge in [0.05, 0.1) is 0 Å². The smallest absolute Gasteiger partial charge is 0.00930 e. The van der Waals surface area contributed by atoms with Crippen LogP contribution >= 0.6 is 0 Å². The molecule has 0 nitrogen and oxygen atoms in total. The highest BCUT2D eigenvalue weighted by molar-refractivity contribution is 4.93. The molecular weight excluding hydrogens is 228 g/mol. The van der Waals surface area contributed by atoms with Crippen LogP contribution in [0.1, 0.15) is 90.9 Å². The molecule has 0 heterocycles. The average molecular weight is 262 g/mol. The third-order valence-electron chi connectivity index (χ3n) is 3.33. The van der Waals surface area contributed by atoms with Crippen LogP contribution in [0.5, 0.6) is 0 Å². The summed E-state index contributed by atoms with van der Waals surface area (Å²) in [4.78, 5) is 0. The van der Waals surface area contributed by atoms with Gasteiger partial charge < -0.3 is 0 Å². The molecule has 0 spiro atoms. The van der Waals surface area contributed by atoms with Crippen molar-refractivity contribution < 1.29 is 0 Å². The molecule has 0 saturated carbocycles. The third-order valence-corrected chi connectivity index (χ3v) is 3.33. The molecule has 0 aromatic carbocycles. The fraction of sp³-hybridized carbons (Fsp3) is 0.737. The lowest BCUT2D eigenvalue weighted by Crippen LogP contribution is -1.78. The minimum atomic E-state index is 1.04. The van der Waals surface area contributed by atoms with E-state index >= 15 is 0 Å². The van der Waals surface area contributed by atoms with Gasteiger partial charge in [0.25, 0.3) is 0 Å². The van der Waals surface area contributed by atoms with Gasteiger partial charge in [0.1, 0.15) is 0 Å². The van der Waals surface area contributed by atoms with Gasteiger partial charge in [-0.05, 0) is 44.3 Å². The Bertz CT molecular complexity index is 241. The first-order valence-corrected chi connectivity index (χ1v) is 8.46. The summed E-state index contributed by atoms with van der Waals surface area (Å²) in [7, 11) is 0. The maximum atomic E-state index is 3.25. The van der Waals surface area contributed by atoms with Crippen molar-refractivity contribution in [3.8, 4) is 0 Å². The topological polar surface area (TPSA) is 0 Å². The molecule has 0 rings (SSSR count). The molecule has 0 bridgehead atoms. The standard InChI is InChI=1S/C19H34/c1-3-5-7-9-11-13-15-17-19-18-16-14-12-10-8-6-4-2/h9,13,17,19H,3-8,10,12,14-16,18H2,1-2H3. The predicted octanol–water partition coefficient (Wildman–Crippen LogP) is 6.97. The lowest BCUT2D eigenvalue weighted by molar-refractivity contribution is 0.592.